The zero-order valence-corrected chi connectivity index (χ0v) is 15.0. The summed E-state index contributed by atoms with van der Waals surface area (Å²) < 4.78 is 40.0. The lowest BCUT2D eigenvalue weighted by molar-refractivity contribution is -0.116. The summed E-state index contributed by atoms with van der Waals surface area (Å²) in [6.07, 6.45) is 3.22. The lowest BCUT2D eigenvalue weighted by Gasteiger charge is -2.05. The SMILES string of the molecule is Cc1[nH]c2c(F)ccc(C)c2c1CCNC(=O)/C=C/c1ccc(F)c(F)c1. The quantitative estimate of drug-likeness (QED) is 0.633. The first kappa shape index (κ1) is 18.8. The molecule has 0 saturated heterocycles. The van der Waals surface area contributed by atoms with Gasteiger partial charge in [0.25, 0.3) is 0 Å². The number of benzene rings is 2. The van der Waals surface area contributed by atoms with Crippen molar-refractivity contribution in [1.82, 2.24) is 10.3 Å². The number of carbonyl (C=O) groups excluding carboxylic acids is 1. The third kappa shape index (κ3) is 4.05. The number of aromatic amines is 1. The Morgan fingerprint density at radius 2 is 1.81 bits per heavy atom. The van der Waals surface area contributed by atoms with E-state index in [-0.39, 0.29) is 11.7 Å². The van der Waals surface area contributed by atoms with Crippen LogP contribution in [-0.2, 0) is 11.2 Å². The molecule has 0 aliphatic carbocycles. The number of fused-ring (bicyclic) bond motifs is 1. The van der Waals surface area contributed by atoms with Crippen LogP contribution in [0.5, 0.6) is 0 Å². The molecule has 0 spiro atoms. The Morgan fingerprint density at radius 1 is 1.07 bits per heavy atom. The summed E-state index contributed by atoms with van der Waals surface area (Å²) in [5, 5.41) is 3.59. The maximum absolute atomic E-state index is 14.0. The summed E-state index contributed by atoms with van der Waals surface area (Å²) in [5.74, 6) is -2.55. The number of hydrogen-bond acceptors (Lipinski definition) is 1. The van der Waals surface area contributed by atoms with Gasteiger partial charge in [-0.15, -0.1) is 0 Å². The van der Waals surface area contributed by atoms with Crippen LogP contribution in [0.3, 0.4) is 0 Å². The van der Waals surface area contributed by atoms with Crippen molar-refractivity contribution in [3.05, 3.63) is 76.2 Å². The van der Waals surface area contributed by atoms with E-state index < -0.39 is 11.6 Å². The fourth-order valence-corrected chi connectivity index (χ4v) is 3.11. The molecule has 0 bridgehead atoms. The third-order valence-electron chi connectivity index (χ3n) is 4.47. The fraction of sp³-hybridized carbons (Fsp3) is 0.190. The second-order valence-corrected chi connectivity index (χ2v) is 6.39. The Balaban J connectivity index is 1.64. The van der Waals surface area contributed by atoms with Gasteiger partial charge in [0.05, 0.1) is 5.52 Å². The van der Waals surface area contributed by atoms with E-state index in [0.717, 1.165) is 34.3 Å². The molecule has 2 aromatic carbocycles. The minimum atomic E-state index is -0.963. The molecule has 3 nitrogen and oxygen atoms in total. The highest BCUT2D eigenvalue weighted by atomic mass is 19.2. The smallest absolute Gasteiger partial charge is 0.244 e. The average molecular weight is 372 g/mol. The number of amides is 1. The van der Waals surface area contributed by atoms with Crippen LogP contribution in [0, 0.1) is 31.3 Å². The molecule has 0 radical (unpaired) electrons. The predicted octanol–water partition coefficient (Wildman–Crippen LogP) is 4.57. The van der Waals surface area contributed by atoms with Crippen LogP contribution in [0.2, 0.25) is 0 Å². The first-order valence-electron chi connectivity index (χ1n) is 8.54. The molecule has 1 aromatic heterocycles. The zero-order valence-electron chi connectivity index (χ0n) is 15.0. The van der Waals surface area contributed by atoms with E-state index in [0.29, 0.717) is 24.0 Å². The van der Waals surface area contributed by atoms with E-state index in [2.05, 4.69) is 10.3 Å². The van der Waals surface area contributed by atoms with Gasteiger partial charge in [0.2, 0.25) is 5.91 Å². The number of aromatic nitrogens is 1. The monoisotopic (exact) mass is 372 g/mol. The van der Waals surface area contributed by atoms with Gasteiger partial charge in [0, 0.05) is 23.7 Å². The molecule has 0 aliphatic heterocycles. The van der Waals surface area contributed by atoms with E-state index >= 15 is 0 Å². The van der Waals surface area contributed by atoms with Crippen molar-refractivity contribution in [2.24, 2.45) is 0 Å². The van der Waals surface area contributed by atoms with Gasteiger partial charge in [-0.3, -0.25) is 4.79 Å². The summed E-state index contributed by atoms with van der Waals surface area (Å²) in [6, 6.07) is 6.58. The average Bonchev–Trinajstić information content (AvgIpc) is 2.97. The highest BCUT2D eigenvalue weighted by Gasteiger charge is 2.13. The molecule has 140 valence electrons. The molecule has 27 heavy (non-hydrogen) atoms. The minimum Gasteiger partial charge on any atom is -0.356 e. The standard InChI is InChI=1S/C21H19F3N2O/c1-12-3-6-17(23)21-20(12)15(13(2)26-21)9-10-25-19(27)8-5-14-4-7-16(22)18(24)11-14/h3-8,11,26H,9-10H2,1-2H3,(H,25,27)/b8-5+. The number of H-pyrrole nitrogens is 1. The first-order chi connectivity index (χ1) is 12.9. The van der Waals surface area contributed by atoms with Gasteiger partial charge in [-0.05, 0) is 61.2 Å². The molecule has 3 rings (SSSR count). The van der Waals surface area contributed by atoms with E-state index in [1.807, 2.05) is 13.8 Å². The fourth-order valence-electron chi connectivity index (χ4n) is 3.11. The molecule has 0 aliphatic rings. The normalized spacial score (nSPS) is 11.4. The topological polar surface area (TPSA) is 44.9 Å². The largest absolute Gasteiger partial charge is 0.356 e. The highest BCUT2D eigenvalue weighted by Crippen LogP contribution is 2.27. The molecule has 3 aromatic rings. The van der Waals surface area contributed by atoms with Crippen molar-refractivity contribution in [2.45, 2.75) is 20.3 Å². The summed E-state index contributed by atoms with van der Waals surface area (Å²) in [6.45, 7) is 4.16. The van der Waals surface area contributed by atoms with Crippen LogP contribution in [-0.4, -0.2) is 17.4 Å². The Hall–Kier alpha value is -3.02. The summed E-state index contributed by atoms with van der Waals surface area (Å²) in [7, 11) is 0. The highest BCUT2D eigenvalue weighted by molar-refractivity contribution is 5.92. The van der Waals surface area contributed by atoms with E-state index in [1.54, 1.807) is 6.07 Å². The molecule has 0 unspecified atom stereocenters. The third-order valence-corrected chi connectivity index (χ3v) is 4.47. The molecule has 2 N–H and O–H groups in total. The van der Waals surface area contributed by atoms with Gasteiger partial charge in [0.15, 0.2) is 11.6 Å². The number of halogens is 3. The minimum absolute atomic E-state index is 0.302. The van der Waals surface area contributed by atoms with Gasteiger partial charge >= 0.3 is 0 Å². The maximum atomic E-state index is 14.0. The second-order valence-electron chi connectivity index (χ2n) is 6.39. The zero-order chi connectivity index (χ0) is 19.6. The van der Waals surface area contributed by atoms with Crippen LogP contribution >= 0.6 is 0 Å². The van der Waals surface area contributed by atoms with Crippen LogP contribution in [0.25, 0.3) is 17.0 Å². The summed E-state index contributed by atoms with van der Waals surface area (Å²) in [5.41, 5.74) is 3.67. The molecular weight excluding hydrogens is 353 g/mol. The van der Waals surface area contributed by atoms with Crippen LogP contribution in [0.1, 0.15) is 22.4 Å². The Labute approximate surface area is 154 Å². The lowest BCUT2D eigenvalue weighted by Crippen LogP contribution is -2.23. The van der Waals surface area contributed by atoms with Crippen molar-refractivity contribution in [3.63, 3.8) is 0 Å². The number of nitrogens with one attached hydrogen (secondary N) is 2. The van der Waals surface area contributed by atoms with Gasteiger partial charge in [0.1, 0.15) is 5.82 Å². The van der Waals surface area contributed by atoms with Crippen LogP contribution in [0.4, 0.5) is 13.2 Å². The Bertz CT molecular complexity index is 1040. The summed E-state index contributed by atoms with van der Waals surface area (Å²) in [4.78, 5) is 15.0. The van der Waals surface area contributed by atoms with Crippen molar-refractivity contribution in [3.8, 4) is 0 Å². The van der Waals surface area contributed by atoms with E-state index in [4.69, 9.17) is 0 Å². The Kier molecular flexibility index (Phi) is 5.35. The van der Waals surface area contributed by atoms with Crippen molar-refractivity contribution in [2.75, 3.05) is 6.54 Å². The number of hydrogen-bond donors (Lipinski definition) is 2. The van der Waals surface area contributed by atoms with Crippen molar-refractivity contribution >= 4 is 22.9 Å². The molecule has 6 heteroatoms. The van der Waals surface area contributed by atoms with E-state index in [9.17, 15) is 18.0 Å². The van der Waals surface area contributed by atoms with Gasteiger partial charge in [-0.1, -0.05) is 12.1 Å². The predicted molar refractivity (Wildman–Crippen MR) is 99.8 cm³/mol. The van der Waals surface area contributed by atoms with E-state index in [1.165, 1.54) is 24.3 Å². The number of aryl methyl sites for hydroxylation is 2. The van der Waals surface area contributed by atoms with Gasteiger partial charge < -0.3 is 10.3 Å². The van der Waals surface area contributed by atoms with Crippen molar-refractivity contribution in [1.29, 1.82) is 0 Å². The first-order valence-corrected chi connectivity index (χ1v) is 8.54. The molecule has 0 atom stereocenters. The summed E-state index contributed by atoms with van der Waals surface area (Å²) >= 11 is 0. The second kappa shape index (κ2) is 7.70. The van der Waals surface area contributed by atoms with Crippen LogP contribution in [0.15, 0.2) is 36.4 Å². The Morgan fingerprint density at radius 3 is 2.56 bits per heavy atom. The molecule has 1 heterocycles. The molecule has 1 amide bonds. The molecule has 0 fully saturated rings. The molecular formula is C21H19F3N2O. The van der Waals surface area contributed by atoms with Gasteiger partial charge in [-0.25, -0.2) is 13.2 Å². The number of rotatable bonds is 5. The molecule has 0 saturated carbocycles. The number of carbonyl (C=O) groups is 1. The van der Waals surface area contributed by atoms with Crippen LogP contribution < -0.4 is 5.32 Å². The maximum Gasteiger partial charge on any atom is 0.244 e. The lowest BCUT2D eigenvalue weighted by atomic mass is 10.0. The van der Waals surface area contributed by atoms with Gasteiger partial charge in [-0.2, -0.15) is 0 Å². The van der Waals surface area contributed by atoms with Crippen molar-refractivity contribution < 1.29 is 18.0 Å².